The molecule has 2 rings (SSSR count). The van der Waals surface area contributed by atoms with Gasteiger partial charge < -0.3 is 20.1 Å². The van der Waals surface area contributed by atoms with Crippen LogP contribution in [0.15, 0.2) is 24.3 Å². The Kier molecular flexibility index (Phi) is 8.54. The summed E-state index contributed by atoms with van der Waals surface area (Å²) in [4.78, 5) is 26.5. The van der Waals surface area contributed by atoms with Gasteiger partial charge in [0.15, 0.2) is 0 Å². The highest BCUT2D eigenvalue weighted by Crippen LogP contribution is 2.12. The first kappa shape index (κ1) is 21.2. The van der Waals surface area contributed by atoms with Crippen molar-refractivity contribution in [1.29, 1.82) is 0 Å². The zero-order chi connectivity index (χ0) is 19.6. The third-order valence-corrected chi connectivity index (χ3v) is 4.21. The first-order valence-corrected chi connectivity index (χ1v) is 9.59. The Balaban J connectivity index is 1.68. The third kappa shape index (κ3) is 7.56. The van der Waals surface area contributed by atoms with E-state index in [4.69, 9.17) is 9.47 Å². The van der Waals surface area contributed by atoms with Crippen molar-refractivity contribution in [1.82, 2.24) is 15.5 Å². The largest absolute Gasteiger partial charge is 0.494 e. The van der Waals surface area contributed by atoms with E-state index in [1.807, 2.05) is 6.92 Å². The van der Waals surface area contributed by atoms with Crippen molar-refractivity contribution >= 4 is 11.8 Å². The zero-order valence-corrected chi connectivity index (χ0v) is 16.5. The molecular formula is C20H31N3O4. The second-order valence-electron chi connectivity index (χ2n) is 7.09. The van der Waals surface area contributed by atoms with Gasteiger partial charge in [0.2, 0.25) is 5.91 Å². The number of ether oxygens (including phenoxy) is 2. The molecule has 0 aliphatic carbocycles. The van der Waals surface area contributed by atoms with Gasteiger partial charge in [0.25, 0.3) is 5.91 Å². The molecule has 0 radical (unpaired) electrons. The van der Waals surface area contributed by atoms with Crippen LogP contribution in [-0.2, 0) is 9.53 Å². The van der Waals surface area contributed by atoms with Crippen molar-refractivity contribution in [3.05, 3.63) is 29.8 Å². The van der Waals surface area contributed by atoms with Gasteiger partial charge in [0.1, 0.15) is 5.75 Å². The molecule has 0 aromatic heterocycles. The average Bonchev–Trinajstić information content (AvgIpc) is 2.65. The smallest absolute Gasteiger partial charge is 0.251 e. The maximum Gasteiger partial charge on any atom is 0.251 e. The van der Waals surface area contributed by atoms with E-state index in [-0.39, 0.29) is 24.5 Å². The summed E-state index contributed by atoms with van der Waals surface area (Å²) in [6, 6.07) is 6.83. The lowest BCUT2D eigenvalue weighted by atomic mass is 10.2. The number of nitrogens with one attached hydrogen (secondary N) is 2. The molecule has 7 heteroatoms. The minimum atomic E-state index is -0.287. The summed E-state index contributed by atoms with van der Waals surface area (Å²) in [6.45, 7) is 10.7. The monoisotopic (exact) mass is 377 g/mol. The van der Waals surface area contributed by atoms with Gasteiger partial charge in [-0.2, -0.15) is 0 Å². The van der Waals surface area contributed by atoms with Crippen LogP contribution in [0.25, 0.3) is 0 Å². The van der Waals surface area contributed by atoms with Crippen LogP contribution in [0.5, 0.6) is 5.75 Å². The summed E-state index contributed by atoms with van der Waals surface area (Å²) in [5, 5.41) is 5.46. The van der Waals surface area contributed by atoms with Crippen molar-refractivity contribution in [3.63, 3.8) is 0 Å². The first-order chi connectivity index (χ1) is 13.0. The number of rotatable bonds is 9. The molecule has 1 heterocycles. The molecule has 1 fully saturated rings. The van der Waals surface area contributed by atoms with Gasteiger partial charge in [-0.25, -0.2) is 0 Å². The molecule has 150 valence electrons. The van der Waals surface area contributed by atoms with Crippen LogP contribution in [0.1, 0.15) is 31.1 Å². The van der Waals surface area contributed by atoms with Crippen LogP contribution in [0.3, 0.4) is 0 Å². The van der Waals surface area contributed by atoms with Crippen LogP contribution in [0, 0.1) is 5.92 Å². The summed E-state index contributed by atoms with van der Waals surface area (Å²) in [5.74, 6) is 0.811. The highest BCUT2D eigenvalue weighted by molar-refractivity contribution is 5.96. The van der Waals surface area contributed by atoms with Crippen LogP contribution >= 0.6 is 0 Å². The summed E-state index contributed by atoms with van der Waals surface area (Å²) >= 11 is 0. The molecule has 7 nitrogen and oxygen atoms in total. The van der Waals surface area contributed by atoms with E-state index >= 15 is 0 Å². The number of carbonyl (C=O) groups excluding carboxylic acids is 2. The molecule has 0 spiro atoms. The number of amides is 2. The van der Waals surface area contributed by atoms with Crippen molar-refractivity contribution in [2.45, 2.75) is 26.9 Å². The number of hydrogen-bond acceptors (Lipinski definition) is 5. The molecule has 1 aliphatic rings. The predicted octanol–water partition coefficient (Wildman–Crippen LogP) is 1.29. The second kappa shape index (κ2) is 10.9. The molecule has 0 bridgehead atoms. The SMILES string of the molecule is CCOc1ccc(C(=O)NCC(=O)NCC2CN(CC(C)C)CCO2)cc1. The Morgan fingerprint density at radius 2 is 2.00 bits per heavy atom. The van der Waals surface area contributed by atoms with Gasteiger partial charge in [-0.15, -0.1) is 0 Å². The van der Waals surface area contributed by atoms with Crippen LogP contribution in [0.4, 0.5) is 0 Å². The quantitative estimate of drug-likeness (QED) is 0.678. The number of hydrogen-bond donors (Lipinski definition) is 2. The normalized spacial score (nSPS) is 17.6. The van der Waals surface area contributed by atoms with Gasteiger partial charge in [0, 0.05) is 31.7 Å². The maximum atomic E-state index is 12.1. The van der Waals surface area contributed by atoms with E-state index in [0.717, 1.165) is 19.6 Å². The Hall–Kier alpha value is -2.12. The Morgan fingerprint density at radius 1 is 1.26 bits per heavy atom. The third-order valence-electron chi connectivity index (χ3n) is 4.21. The minimum Gasteiger partial charge on any atom is -0.494 e. The van der Waals surface area contributed by atoms with Gasteiger partial charge in [-0.1, -0.05) is 13.8 Å². The lowest BCUT2D eigenvalue weighted by Gasteiger charge is -2.33. The van der Waals surface area contributed by atoms with Crippen molar-refractivity contribution in [2.75, 3.05) is 45.9 Å². The highest BCUT2D eigenvalue weighted by Gasteiger charge is 2.21. The van der Waals surface area contributed by atoms with Crippen molar-refractivity contribution < 1.29 is 19.1 Å². The number of morpholine rings is 1. The van der Waals surface area contributed by atoms with E-state index in [0.29, 0.717) is 37.0 Å². The summed E-state index contributed by atoms with van der Waals surface area (Å²) in [5.41, 5.74) is 0.492. The molecule has 1 aromatic rings. The van der Waals surface area contributed by atoms with Crippen molar-refractivity contribution in [2.24, 2.45) is 5.92 Å². The van der Waals surface area contributed by atoms with Gasteiger partial charge >= 0.3 is 0 Å². The lowest BCUT2D eigenvalue weighted by Crippen LogP contribution is -2.49. The van der Waals surface area contributed by atoms with Crippen LogP contribution < -0.4 is 15.4 Å². The maximum absolute atomic E-state index is 12.1. The number of nitrogens with zero attached hydrogens (tertiary/aromatic N) is 1. The molecule has 2 amide bonds. The Labute approximate surface area is 161 Å². The van der Waals surface area contributed by atoms with E-state index in [1.54, 1.807) is 24.3 Å². The minimum absolute atomic E-state index is 0.0109. The van der Waals surface area contributed by atoms with Crippen LogP contribution in [0.2, 0.25) is 0 Å². The fourth-order valence-electron chi connectivity index (χ4n) is 3.01. The fourth-order valence-corrected chi connectivity index (χ4v) is 3.01. The zero-order valence-electron chi connectivity index (χ0n) is 16.5. The Bertz CT molecular complexity index is 604. The summed E-state index contributed by atoms with van der Waals surface area (Å²) in [7, 11) is 0. The predicted molar refractivity (Wildman–Crippen MR) is 104 cm³/mol. The lowest BCUT2D eigenvalue weighted by molar-refractivity contribution is -0.121. The topological polar surface area (TPSA) is 79.9 Å². The number of carbonyl (C=O) groups is 2. The molecule has 1 aliphatic heterocycles. The summed E-state index contributed by atoms with van der Waals surface area (Å²) < 4.78 is 11.1. The van der Waals surface area contributed by atoms with Gasteiger partial charge in [-0.05, 0) is 37.1 Å². The second-order valence-corrected chi connectivity index (χ2v) is 7.09. The molecule has 0 saturated carbocycles. The molecule has 27 heavy (non-hydrogen) atoms. The van der Waals surface area contributed by atoms with Crippen LogP contribution in [-0.4, -0.2) is 68.8 Å². The highest BCUT2D eigenvalue weighted by atomic mass is 16.5. The van der Waals surface area contributed by atoms with E-state index in [1.165, 1.54) is 0 Å². The summed E-state index contributed by atoms with van der Waals surface area (Å²) in [6.07, 6.45) is -0.0109. The molecule has 2 N–H and O–H groups in total. The fraction of sp³-hybridized carbons (Fsp3) is 0.600. The molecule has 1 atom stereocenters. The Morgan fingerprint density at radius 3 is 2.67 bits per heavy atom. The van der Waals surface area contributed by atoms with E-state index in [9.17, 15) is 9.59 Å². The van der Waals surface area contributed by atoms with Crippen molar-refractivity contribution in [3.8, 4) is 5.75 Å². The number of benzene rings is 1. The van der Waals surface area contributed by atoms with E-state index in [2.05, 4.69) is 29.4 Å². The first-order valence-electron chi connectivity index (χ1n) is 9.59. The molecule has 1 saturated heterocycles. The van der Waals surface area contributed by atoms with Gasteiger partial charge in [0.05, 0.1) is 25.9 Å². The van der Waals surface area contributed by atoms with Gasteiger partial charge in [-0.3, -0.25) is 14.5 Å². The average molecular weight is 377 g/mol. The van der Waals surface area contributed by atoms with E-state index < -0.39 is 0 Å². The standard InChI is InChI=1S/C20H31N3O4/c1-4-26-17-7-5-16(6-8-17)20(25)22-12-19(24)21-11-18-14-23(9-10-27-18)13-15(2)3/h5-8,15,18H,4,9-14H2,1-3H3,(H,21,24)(H,22,25). The molecule has 1 unspecified atom stereocenters. The molecular weight excluding hydrogens is 346 g/mol. The molecule has 1 aromatic carbocycles.